The molecule has 0 aliphatic carbocycles. The normalized spacial score (nSPS) is 11.3. The third-order valence-corrected chi connectivity index (χ3v) is 5.06. The molecule has 0 atom stereocenters. The van der Waals surface area contributed by atoms with Crippen LogP contribution in [-0.4, -0.2) is 20.4 Å². The van der Waals surface area contributed by atoms with Gasteiger partial charge in [-0.25, -0.2) is 9.97 Å². The number of rotatable bonds is 4. The smallest absolute Gasteiger partial charge is 0.244 e. The van der Waals surface area contributed by atoms with Crippen LogP contribution < -0.4 is 5.32 Å². The van der Waals surface area contributed by atoms with Crippen molar-refractivity contribution < 1.29 is 4.79 Å². The summed E-state index contributed by atoms with van der Waals surface area (Å²) in [6.07, 6.45) is 0.786. The minimum Gasteiger partial charge on any atom is -0.324 e. The van der Waals surface area contributed by atoms with Crippen molar-refractivity contribution in [2.45, 2.75) is 26.8 Å². The molecule has 1 amide bonds. The first kappa shape index (κ1) is 15.8. The van der Waals surface area contributed by atoms with Crippen molar-refractivity contribution in [1.82, 2.24) is 14.5 Å². The van der Waals surface area contributed by atoms with Gasteiger partial charge in [-0.1, -0.05) is 19.1 Å². The van der Waals surface area contributed by atoms with E-state index in [4.69, 9.17) is 0 Å². The molecule has 0 spiro atoms. The lowest BCUT2D eigenvalue weighted by Gasteiger charge is -2.09. The van der Waals surface area contributed by atoms with Gasteiger partial charge in [-0.2, -0.15) is 0 Å². The van der Waals surface area contributed by atoms with Gasteiger partial charge in [0.2, 0.25) is 5.91 Å². The van der Waals surface area contributed by atoms with Gasteiger partial charge in [0.25, 0.3) is 0 Å². The molecule has 0 aliphatic heterocycles. The molecular formula is C19H18N4OS. The topological polar surface area (TPSA) is 59.8 Å². The van der Waals surface area contributed by atoms with E-state index >= 15 is 0 Å². The van der Waals surface area contributed by atoms with Crippen molar-refractivity contribution in [3.63, 3.8) is 0 Å². The van der Waals surface area contributed by atoms with Gasteiger partial charge in [-0.05, 0) is 37.3 Å². The van der Waals surface area contributed by atoms with Crippen LogP contribution in [0.4, 0.5) is 5.69 Å². The van der Waals surface area contributed by atoms with E-state index in [2.05, 4.69) is 22.2 Å². The highest BCUT2D eigenvalue weighted by Gasteiger charge is 2.13. The van der Waals surface area contributed by atoms with Crippen LogP contribution in [0, 0.1) is 6.92 Å². The number of para-hydroxylation sites is 2. The first-order chi connectivity index (χ1) is 12.1. The summed E-state index contributed by atoms with van der Waals surface area (Å²) in [6.45, 7) is 4.29. The number of benzene rings is 2. The molecule has 0 radical (unpaired) electrons. The third kappa shape index (κ3) is 3.00. The zero-order valence-corrected chi connectivity index (χ0v) is 14.9. The van der Waals surface area contributed by atoms with E-state index < -0.39 is 0 Å². The van der Waals surface area contributed by atoms with Crippen molar-refractivity contribution in [3.8, 4) is 0 Å². The van der Waals surface area contributed by atoms with E-state index in [1.165, 1.54) is 0 Å². The molecule has 0 aliphatic rings. The molecule has 2 aromatic heterocycles. The number of amides is 1. The van der Waals surface area contributed by atoms with E-state index in [0.29, 0.717) is 0 Å². The van der Waals surface area contributed by atoms with E-state index in [0.717, 1.165) is 44.2 Å². The lowest BCUT2D eigenvalue weighted by molar-refractivity contribution is -0.116. The van der Waals surface area contributed by atoms with Crippen molar-refractivity contribution in [2.24, 2.45) is 0 Å². The Kier molecular flexibility index (Phi) is 3.97. The molecule has 0 saturated carbocycles. The van der Waals surface area contributed by atoms with E-state index in [1.807, 2.05) is 54.0 Å². The number of hydrogen-bond donors (Lipinski definition) is 1. The summed E-state index contributed by atoms with van der Waals surface area (Å²) in [5, 5.41) is 4.01. The van der Waals surface area contributed by atoms with E-state index in [1.54, 1.807) is 11.3 Å². The Hall–Kier alpha value is -2.73. The number of nitrogens with one attached hydrogen (secondary N) is 1. The maximum Gasteiger partial charge on any atom is 0.244 e. The minimum atomic E-state index is -0.0570. The maximum atomic E-state index is 12.6. The molecule has 5 nitrogen and oxygen atoms in total. The highest BCUT2D eigenvalue weighted by atomic mass is 32.1. The van der Waals surface area contributed by atoms with Crippen LogP contribution in [0.15, 0.2) is 42.5 Å². The average molecular weight is 350 g/mol. The quantitative estimate of drug-likeness (QED) is 0.601. The number of aromatic nitrogens is 3. The van der Waals surface area contributed by atoms with Crippen LogP contribution in [0.25, 0.3) is 21.3 Å². The van der Waals surface area contributed by atoms with Gasteiger partial charge < -0.3 is 9.88 Å². The summed E-state index contributed by atoms with van der Waals surface area (Å²) < 4.78 is 3.07. The molecule has 2 heterocycles. The van der Waals surface area contributed by atoms with Crippen LogP contribution >= 0.6 is 11.3 Å². The number of anilines is 1. The monoisotopic (exact) mass is 350 g/mol. The molecule has 4 aromatic rings. The zero-order chi connectivity index (χ0) is 17.4. The predicted octanol–water partition coefficient (Wildman–Crippen LogP) is 4.16. The molecule has 126 valence electrons. The van der Waals surface area contributed by atoms with E-state index in [-0.39, 0.29) is 12.5 Å². The maximum absolute atomic E-state index is 12.6. The Morgan fingerprint density at radius 1 is 1.16 bits per heavy atom. The Balaban J connectivity index is 1.59. The molecule has 1 N–H and O–H groups in total. The largest absolute Gasteiger partial charge is 0.324 e. The summed E-state index contributed by atoms with van der Waals surface area (Å²) in [4.78, 5) is 21.6. The molecule has 0 fully saturated rings. The Morgan fingerprint density at radius 3 is 2.84 bits per heavy atom. The second-order valence-electron chi connectivity index (χ2n) is 5.92. The van der Waals surface area contributed by atoms with Crippen molar-refractivity contribution in [1.29, 1.82) is 0 Å². The van der Waals surface area contributed by atoms with Crippen LogP contribution in [0.2, 0.25) is 0 Å². The molecule has 0 unspecified atom stereocenters. The first-order valence-corrected chi connectivity index (χ1v) is 9.07. The molecule has 0 bridgehead atoms. The first-order valence-electron chi connectivity index (χ1n) is 8.25. The highest BCUT2D eigenvalue weighted by Crippen LogP contribution is 2.25. The SMILES string of the molecule is CCc1nc2ccccc2n1CC(=O)Nc1ccc2nc(C)sc2c1. The Morgan fingerprint density at radius 2 is 2.00 bits per heavy atom. The van der Waals surface area contributed by atoms with Crippen molar-refractivity contribution >= 4 is 44.2 Å². The lowest BCUT2D eigenvalue weighted by atomic mass is 10.3. The molecule has 4 rings (SSSR count). The standard InChI is InChI=1S/C19H18N4OS/c1-3-18-22-14-6-4-5-7-16(14)23(18)11-19(24)21-13-8-9-15-17(10-13)25-12(2)20-15/h4-10H,3,11H2,1-2H3,(H,21,24). The molecule has 0 saturated heterocycles. The average Bonchev–Trinajstić information content (AvgIpc) is 3.14. The van der Waals surface area contributed by atoms with Crippen molar-refractivity contribution in [2.75, 3.05) is 5.32 Å². The third-order valence-electron chi connectivity index (χ3n) is 4.13. The van der Waals surface area contributed by atoms with Gasteiger partial charge >= 0.3 is 0 Å². The summed E-state index contributed by atoms with van der Waals surface area (Å²) in [5.74, 6) is 0.864. The fraction of sp³-hybridized carbons (Fsp3) is 0.211. The Bertz CT molecular complexity index is 1080. The van der Waals surface area contributed by atoms with Gasteiger partial charge in [0, 0.05) is 12.1 Å². The number of nitrogens with zero attached hydrogens (tertiary/aromatic N) is 3. The second-order valence-corrected chi connectivity index (χ2v) is 7.15. The van der Waals surface area contributed by atoms with Gasteiger partial charge in [0.15, 0.2) is 0 Å². The predicted molar refractivity (Wildman–Crippen MR) is 102 cm³/mol. The molecule has 6 heteroatoms. The summed E-state index contributed by atoms with van der Waals surface area (Å²) in [7, 11) is 0. The van der Waals surface area contributed by atoms with Crippen LogP contribution in [-0.2, 0) is 17.8 Å². The highest BCUT2D eigenvalue weighted by molar-refractivity contribution is 7.18. The van der Waals surface area contributed by atoms with Crippen LogP contribution in [0.1, 0.15) is 17.8 Å². The number of hydrogen-bond acceptors (Lipinski definition) is 4. The van der Waals surface area contributed by atoms with Gasteiger partial charge in [-0.15, -0.1) is 11.3 Å². The molecule has 2 aromatic carbocycles. The number of carbonyl (C=O) groups is 1. The number of aryl methyl sites for hydroxylation is 2. The zero-order valence-electron chi connectivity index (χ0n) is 14.1. The summed E-state index contributed by atoms with van der Waals surface area (Å²) in [5.41, 5.74) is 3.68. The van der Waals surface area contributed by atoms with Gasteiger partial charge in [-0.3, -0.25) is 4.79 Å². The number of carbonyl (C=O) groups excluding carboxylic acids is 1. The minimum absolute atomic E-state index is 0.0570. The van der Waals surface area contributed by atoms with Gasteiger partial charge in [0.1, 0.15) is 12.4 Å². The number of fused-ring (bicyclic) bond motifs is 2. The fourth-order valence-electron chi connectivity index (χ4n) is 3.03. The fourth-order valence-corrected chi connectivity index (χ4v) is 3.90. The second kappa shape index (κ2) is 6.29. The number of thiazole rings is 1. The number of imidazole rings is 1. The van der Waals surface area contributed by atoms with Crippen molar-refractivity contribution in [3.05, 3.63) is 53.3 Å². The summed E-state index contributed by atoms with van der Waals surface area (Å²) in [6, 6.07) is 13.7. The van der Waals surface area contributed by atoms with Crippen LogP contribution in [0.5, 0.6) is 0 Å². The summed E-state index contributed by atoms with van der Waals surface area (Å²) >= 11 is 1.63. The lowest BCUT2D eigenvalue weighted by Crippen LogP contribution is -2.20. The molecular weight excluding hydrogens is 332 g/mol. The van der Waals surface area contributed by atoms with Gasteiger partial charge in [0.05, 0.1) is 26.3 Å². The Labute approximate surface area is 149 Å². The molecule has 25 heavy (non-hydrogen) atoms. The van der Waals surface area contributed by atoms with E-state index in [9.17, 15) is 4.79 Å². The van der Waals surface area contributed by atoms with Crippen LogP contribution in [0.3, 0.4) is 0 Å².